The molecule has 1 aromatic heterocycles. The van der Waals surface area contributed by atoms with Gasteiger partial charge in [0.25, 0.3) is 5.91 Å². The topological polar surface area (TPSA) is 97.4 Å². The SMILES string of the molecule is CC1(C)C(N)=N[C@](C)(c2cc(NC(=O)c3ncc(Cl)cc3F)ccc2F)CS1=O. The molecule has 2 aromatic rings. The van der Waals surface area contributed by atoms with E-state index in [4.69, 9.17) is 17.3 Å². The largest absolute Gasteiger partial charge is 0.386 e. The maximum Gasteiger partial charge on any atom is 0.277 e. The molecular formula is C19H19ClF2N4O2S. The number of pyridine rings is 1. The van der Waals surface area contributed by atoms with Crippen LogP contribution in [0, 0.1) is 11.6 Å². The van der Waals surface area contributed by atoms with Gasteiger partial charge in [0, 0.05) is 28.2 Å². The Hall–Kier alpha value is -2.39. The van der Waals surface area contributed by atoms with Crippen LogP contribution in [0.5, 0.6) is 0 Å². The van der Waals surface area contributed by atoms with Gasteiger partial charge < -0.3 is 11.1 Å². The van der Waals surface area contributed by atoms with Crippen LogP contribution < -0.4 is 11.1 Å². The Morgan fingerprint density at radius 1 is 1.24 bits per heavy atom. The first-order valence-electron chi connectivity index (χ1n) is 8.61. The van der Waals surface area contributed by atoms with Crippen molar-refractivity contribution >= 4 is 39.8 Å². The maximum atomic E-state index is 14.6. The zero-order valence-electron chi connectivity index (χ0n) is 15.9. The molecule has 0 saturated carbocycles. The van der Waals surface area contributed by atoms with Crippen LogP contribution >= 0.6 is 11.6 Å². The van der Waals surface area contributed by atoms with Crippen molar-refractivity contribution in [2.45, 2.75) is 31.1 Å². The van der Waals surface area contributed by atoms with Crippen molar-refractivity contribution in [2.75, 3.05) is 11.1 Å². The molecule has 0 radical (unpaired) electrons. The van der Waals surface area contributed by atoms with Crippen molar-refractivity contribution < 1.29 is 17.8 Å². The number of hydrogen-bond donors (Lipinski definition) is 2. The van der Waals surface area contributed by atoms with Crippen LogP contribution in [0.25, 0.3) is 0 Å². The summed E-state index contributed by atoms with van der Waals surface area (Å²) in [5, 5.41) is 2.53. The summed E-state index contributed by atoms with van der Waals surface area (Å²) >= 11 is 5.64. The molecular weight excluding hydrogens is 422 g/mol. The molecule has 154 valence electrons. The van der Waals surface area contributed by atoms with E-state index in [1.54, 1.807) is 20.8 Å². The van der Waals surface area contributed by atoms with E-state index in [-0.39, 0.29) is 27.9 Å². The second-order valence-electron chi connectivity index (χ2n) is 7.40. The van der Waals surface area contributed by atoms with Crippen molar-refractivity contribution in [3.63, 3.8) is 0 Å². The van der Waals surface area contributed by atoms with Crippen molar-refractivity contribution in [2.24, 2.45) is 10.7 Å². The number of benzene rings is 1. The number of amidine groups is 1. The molecule has 1 aliphatic heterocycles. The predicted molar refractivity (Wildman–Crippen MR) is 110 cm³/mol. The second kappa shape index (κ2) is 7.46. The lowest BCUT2D eigenvalue weighted by molar-refractivity contribution is 0.101. The number of carbonyl (C=O) groups excluding carboxylic acids is 1. The third kappa shape index (κ3) is 4.02. The number of amides is 1. The summed E-state index contributed by atoms with van der Waals surface area (Å²) in [6.07, 6.45) is 1.15. The van der Waals surface area contributed by atoms with Crippen LogP contribution in [0.4, 0.5) is 14.5 Å². The number of nitrogens with zero attached hydrogens (tertiary/aromatic N) is 2. The zero-order chi connectivity index (χ0) is 21.6. The number of halogens is 3. The van der Waals surface area contributed by atoms with Crippen LogP contribution in [0.1, 0.15) is 36.8 Å². The van der Waals surface area contributed by atoms with Crippen molar-refractivity contribution in [1.82, 2.24) is 4.98 Å². The van der Waals surface area contributed by atoms with Crippen LogP contribution in [-0.4, -0.2) is 31.4 Å². The zero-order valence-corrected chi connectivity index (χ0v) is 17.5. The minimum atomic E-state index is -1.39. The third-order valence-electron chi connectivity index (χ3n) is 4.79. The van der Waals surface area contributed by atoms with E-state index in [1.807, 2.05) is 0 Å². The summed E-state index contributed by atoms with van der Waals surface area (Å²) in [5.41, 5.74) is 4.68. The number of rotatable bonds is 3. The average molecular weight is 441 g/mol. The van der Waals surface area contributed by atoms with Crippen LogP contribution in [-0.2, 0) is 16.3 Å². The lowest BCUT2D eigenvalue weighted by Crippen LogP contribution is -2.52. The number of carbonyl (C=O) groups is 1. The van der Waals surface area contributed by atoms with E-state index in [0.717, 1.165) is 18.3 Å². The third-order valence-corrected chi connectivity index (χ3v) is 7.17. The lowest BCUT2D eigenvalue weighted by atomic mass is 9.92. The van der Waals surface area contributed by atoms with Gasteiger partial charge in [-0.25, -0.2) is 13.8 Å². The smallest absolute Gasteiger partial charge is 0.277 e. The molecule has 6 nitrogen and oxygen atoms in total. The fourth-order valence-electron chi connectivity index (χ4n) is 2.91. The molecule has 2 heterocycles. The summed E-state index contributed by atoms with van der Waals surface area (Å²) < 4.78 is 40.3. The van der Waals surface area contributed by atoms with Crippen molar-refractivity contribution in [3.05, 3.63) is 58.4 Å². The highest BCUT2D eigenvalue weighted by Crippen LogP contribution is 2.37. The summed E-state index contributed by atoms with van der Waals surface area (Å²) in [5.74, 6) is -2.08. The minimum Gasteiger partial charge on any atom is -0.386 e. The molecule has 10 heteroatoms. The molecule has 3 N–H and O–H groups in total. The van der Waals surface area contributed by atoms with E-state index in [9.17, 15) is 17.8 Å². The van der Waals surface area contributed by atoms with Gasteiger partial charge in [0.2, 0.25) is 0 Å². The fourth-order valence-corrected chi connectivity index (χ4v) is 4.43. The molecule has 3 rings (SSSR count). The Balaban J connectivity index is 1.96. The first-order chi connectivity index (χ1) is 13.4. The first kappa shape index (κ1) is 21.3. The highest BCUT2D eigenvalue weighted by Gasteiger charge is 2.44. The molecule has 0 saturated heterocycles. The molecule has 0 bridgehead atoms. The monoisotopic (exact) mass is 440 g/mol. The molecule has 2 atom stereocenters. The summed E-state index contributed by atoms with van der Waals surface area (Å²) in [6.45, 7) is 5.04. The van der Waals surface area contributed by atoms with E-state index in [2.05, 4.69) is 15.3 Å². The first-order valence-corrected chi connectivity index (χ1v) is 10.3. The number of anilines is 1. The van der Waals surface area contributed by atoms with Crippen LogP contribution in [0.3, 0.4) is 0 Å². The minimum absolute atomic E-state index is 0.0553. The van der Waals surface area contributed by atoms with Gasteiger partial charge in [-0.2, -0.15) is 0 Å². The highest BCUT2D eigenvalue weighted by molar-refractivity contribution is 7.87. The summed E-state index contributed by atoms with van der Waals surface area (Å²) in [6, 6.07) is 4.81. The Kier molecular flexibility index (Phi) is 5.48. The molecule has 1 aliphatic rings. The van der Waals surface area contributed by atoms with Gasteiger partial charge in [0.05, 0.1) is 21.1 Å². The van der Waals surface area contributed by atoms with Gasteiger partial charge in [0.1, 0.15) is 11.7 Å². The molecule has 0 fully saturated rings. The van der Waals surface area contributed by atoms with Gasteiger partial charge >= 0.3 is 0 Å². The van der Waals surface area contributed by atoms with Gasteiger partial charge in [0.15, 0.2) is 11.5 Å². The van der Waals surface area contributed by atoms with E-state index in [0.29, 0.717) is 0 Å². The van der Waals surface area contributed by atoms with Crippen LogP contribution in [0.15, 0.2) is 35.5 Å². The number of aliphatic imine (C=N–C) groups is 1. The predicted octanol–water partition coefficient (Wildman–Crippen LogP) is 3.38. The molecule has 0 aliphatic carbocycles. The molecule has 1 unspecified atom stereocenters. The molecule has 1 aromatic carbocycles. The van der Waals surface area contributed by atoms with Gasteiger partial charge in [-0.15, -0.1) is 0 Å². The maximum absolute atomic E-state index is 14.6. The van der Waals surface area contributed by atoms with Gasteiger partial charge in [-0.3, -0.25) is 14.0 Å². The normalized spacial score (nSPS) is 23.4. The number of nitrogens with two attached hydrogens (primary N) is 1. The number of aromatic nitrogens is 1. The standard InChI is InChI=1S/C19H19ClF2N4O2S/c1-18(2)17(23)26-19(3,9-29(18)28)12-7-11(4-5-13(12)21)25-16(27)15-14(22)6-10(20)8-24-15/h4-8H,9H2,1-3H3,(H2,23,26)(H,25,27)/t19-,29?/m0/s1. The van der Waals surface area contributed by atoms with E-state index < -0.39 is 44.3 Å². The Morgan fingerprint density at radius 2 is 1.93 bits per heavy atom. The lowest BCUT2D eigenvalue weighted by Gasteiger charge is -2.37. The number of nitrogens with one attached hydrogen (secondary N) is 1. The van der Waals surface area contributed by atoms with Crippen molar-refractivity contribution in [3.8, 4) is 0 Å². The van der Waals surface area contributed by atoms with Gasteiger partial charge in [-0.05, 0) is 45.0 Å². The van der Waals surface area contributed by atoms with E-state index in [1.165, 1.54) is 12.1 Å². The second-order valence-corrected chi connectivity index (χ2v) is 9.84. The molecule has 29 heavy (non-hydrogen) atoms. The summed E-state index contributed by atoms with van der Waals surface area (Å²) in [4.78, 5) is 20.4. The quantitative estimate of drug-likeness (QED) is 0.764. The van der Waals surface area contributed by atoms with Crippen LogP contribution in [0.2, 0.25) is 5.02 Å². The van der Waals surface area contributed by atoms with Gasteiger partial charge in [-0.1, -0.05) is 11.6 Å². The highest BCUT2D eigenvalue weighted by atomic mass is 35.5. The number of hydrogen-bond acceptors (Lipinski definition) is 5. The van der Waals surface area contributed by atoms with E-state index >= 15 is 0 Å². The molecule has 1 amide bonds. The van der Waals surface area contributed by atoms with Crippen molar-refractivity contribution in [1.29, 1.82) is 0 Å². The Bertz CT molecular complexity index is 1060. The summed E-state index contributed by atoms with van der Waals surface area (Å²) in [7, 11) is -1.39. The Morgan fingerprint density at radius 3 is 2.55 bits per heavy atom. The average Bonchev–Trinajstić information content (AvgIpc) is 2.61. The Labute approximate surface area is 174 Å². The molecule has 0 spiro atoms. The fraction of sp³-hybridized carbons (Fsp3) is 0.316.